The van der Waals surface area contributed by atoms with Crippen molar-refractivity contribution >= 4 is 27.6 Å². The molecule has 0 aliphatic heterocycles. The minimum Gasteiger partial charge on any atom is 0 e. The molecule has 0 heterocycles. The summed E-state index contributed by atoms with van der Waals surface area (Å²) in [7, 11) is 14.9. The van der Waals surface area contributed by atoms with Crippen LogP contribution in [0.15, 0.2) is 0 Å². The summed E-state index contributed by atoms with van der Waals surface area (Å²) >= 11 is -1.79. The van der Waals surface area contributed by atoms with Gasteiger partial charge in [0.2, 0.25) is 0 Å². The molecule has 0 atom stereocenters. The monoisotopic (exact) mass is 358 g/mol. The molecule has 0 nitrogen and oxygen atoms in total. The maximum atomic E-state index is 4.95. The van der Waals surface area contributed by atoms with E-state index in [9.17, 15) is 0 Å². The van der Waals surface area contributed by atoms with Crippen LogP contribution in [0, 0.1) is 0 Å². The van der Waals surface area contributed by atoms with Gasteiger partial charge in [-0.2, -0.15) is 0 Å². The minimum atomic E-state index is -1.79. The normalized spacial score (nSPS) is 9.00. The molecule has 0 aromatic carbocycles. The molecule has 5 heavy (non-hydrogen) atoms. The van der Waals surface area contributed by atoms with Gasteiger partial charge in [-0.3, -0.25) is 0 Å². The molecule has 0 aliphatic rings. The van der Waals surface area contributed by atoms with Gasteiger partial charge in [-0.15, -0.1) is 0 Å². The van der Waals surface area contributed by atoms with Crippen LogP contribution < -0.4 is 0 Å². The van der Waals surface area contributed by atoms with Crippen LogP contribution in [0.4, 0.5) is 0 Å². The van der Waals surface area contributed by atoms with E-state index < -0.39 is 15.2 Å². The molecule has 0 amide bonds. The second kappa shape index (κ2) is 6.13. The Bertz CT molecular complexity index is 11.6. The van der Waals surface area contributed by atoms with E-state index in [1.54, 1.807) is 0 Å². The fourth-order valence-corrected chi connectivity index (χ4v) is 0. The van der Waals surface area contributed by atoms with Crippen molar-refractivity contribution in [3.8, 4) is 0 Å². The Morgan fingerprint density at radius 3 is 1.00 bits per heavy atom. The van der Waals surface area contributed by atoms with Gasteiger partial charge in [-0.05, 0) is 0 Å². The standard InChI is InChI=1S/Au.3ClH.Fe/h;3*1H;/q+3;;;;/p-3. The maximum Gasteiger partial charge on any atom is 0 e. The maximum absolute atomic E-state index is 4.95. The first-order valence-electron chi connectivity index (χ1n) is 0.342. The molecule has 40 valence electrons. The van der Waals surface area contributed by atoms with E-state index in [2.05, 4.69) is 0 Å². The number of hydrogen-bond donors (Lipinski definition) is 0. The van der Waals surface area contributed by atoms with Crippen LogP contribution in [0.5, 0.6) is 0 Å². The van der Waals surface area contributed by atoms with Gasteiger partial charge in [0.25, 0.3) is 0 Å². The van der Waals surface area contributed by atoms with Crippen molar-refractivity contribution in [3.63, 3.8) is 0 Å². The molecule has 0 saturated heterocycles. The topological polar surface area (TPSA) is 0 Å². The first-order chi connectivity index (χ1) is 1.73. The van der Waals surface area contributed by atoms with Gasteiger partial charge in [0, 0.05) is 17.1 Å². The first kappa shape index (κ1) is 10.2. The molecule has 0 fully saturated rings. The van der Waals surface area contributed by atoms with E-state index in [4.69, 9.17) is 27.6 Å². The van der Waals surface area contributed by atoms with E-state index in [0.717, 1.165) is 0 Å². The second-order valence-corrected chi connectivity index (χ2v) is 9.52. The summed E-state index contributed by atoms with van der Waals surface area (Å²) in [5, 5.41) is 0. The van der Waals surface area contributed by atoms with Crippen molar-refractivity contribution in [1.82, 2.24) is 0 Å². The average molecular weight is 359 g/mol. The van der Waals surface area contributed by atoms with Crippen molar-refractivity contribution in [2.45, 2.75) is 0 Å². The molecular formula is AuCl3Fe. The van der Waals surface area contributed by atoms with Crippen LogP contribution in [-0.4, -0.2) is 0 Å². The third-order valence-corrected chi connectivity index (χ3v) is 0. The summed E-state index contributed by atoms with van der Waals surface area (Å²) in [6.45, 7) is 0. The Morgan fingerprint density at radius 2 is 1.00 bits per heavy atom. The predicted molar refractivity (Wildman–Crippen MR) is 17.6 cm³/mol. The Morgan fingerprint density at radius 1 is 1.00 bits per heavy atom. The third-order valence-electron chi connectivity index (χ3n) is 0. The smallest absolute Gasteiger partial charge is 0 e. The van der Waals surface area contributed by atoms with E-state index in [1.165, 1.54) is 0 Å². The van der Waals surface area contributed by atoms with Gasteiger partial charge >= 0.3 is 42.8 Å². The molecule has 0 rings (SSSR count). The predicted octanol–water partition coefficient (Wildman–Crippen LogP) is 2.06. The second-order valence-electron chi connectivity index (χ2n) is 0.129. The summed E-state index contributed by atoms with van der Waals surface area (Å²) in [4.78, 5) is 0. The van der Waals surface area contributed by atoms with Gasteiger partial charge < -0.3 is 0 Å². The number of rotatable bonds is 0. The van der Waals surface area contributed by atoms with Gasteiger partial charge in [0.1, 0.15) is 0 Å². The van der Waals surface area contributed by atoms with E-state index in [-0.39, 0.29) is 17.1 Å². The van der Waals surface area contributed by atoms with Gasteiger partial charge in [0.05, 0.1) is 0 Å². The Labute approximate surface area is 59.2 Å². The van der Waals surface area contributed by atoms with Crippen molar-refractivity contribution in [2.24, 2.45) is 0 Å². The molecular weight excluding hydrogens is 359 g/mol. The quantitative estimate of drug-likeness (QED) is 0.581. The summed E-state index contributed by atoms with van der Waals surface area (Å²) in [6, 6.07) is 0. The van der Waals surface area contributed by atoms with E-state index in [0.29, 0.717) is 0 Å². The van der Waals surface area contributed by atoms with Crippen LogP contribution >= 0.6 is 27.6 Å². The molecule has 0 saturated carbocycles. The van der Waals surface area contributed by atoms with Crippen molar-refractivity contribution in [1.29, 1.82) is 0 Å². The molecule has 0 N–H and O–H groups in total. The zero-order chi connectivity index (χ0) is 3.58. The van der Waals surface area contributed by atoms with Gasteiger partial charge in [-0.25, -0.2) is 0 Å². The Kier molecular flexibility index (Phi) is 12.5. The summed E-state index contributed by atoms with van der Waals surface area (Å²) in [5.74, 6) is 0. The molecule has 0 spiro atoms. The van der Waals surface area contributed by atoms with Gasteiger partial charge in [0.15, 0.2) is 0 Å². The summed E-state index contributed by atoms with van der Waals surface area (Å²) in [6.07, 6.45) is 0. The number of hydrogen-bond acceptors (Lipinski definition) is 0. The molecule has 0 radical (unpaired) electrons. The van der Waals surface area contributed by atoms with Gasteiger partial charge in [-0.1, -0.05) is 0 Å². The minimum absolute atomic E-state index is 0. The Hall–Kier alpha value is 2.13. The molecule has 0 bridgehead atoms. The fourth-order valence-electron chi connectivity index (χ4n) is 0. The largest absolute Gasteiger partial charge is 0 e. The molecule has 0 aliphatic carbocycles. The molecule has 0 unspecified atom stereocenters. The van der Waals surface area contributed by atoms with Crippen molar-refractivity contribution in [3.05, 3.63) is 0 Å². The molecule has 0 aromatic heterocycles. The van der Waals surface area contributed by atoms with E-state index >= 15 is 0 Å². The molecule has 0 aromatic rings. The molecule has 5 heteroatoms. The van der Waals surface area contributed by atoms with E-state index in [1.807, 2.05) is 0 Å². The van der Waals surface area contributed by atoms with Crippen LogP contribution in [0.3, 0.4) is 0 Å². The summed E-state index contributed by atoms with van der Waals surface area (Å²) in [5.41, 5.74) is 0. The summed E-state index contributed by atoms with van der Waals surface area (Å²) < 4.78 is 0. The van der Waals surface area contributed by atoms with Crippen LogP contribution in [-0.2, 0) is 32.3 Å². The third kappa shape index (κ3) is 23.0. The van der Waals surface area contributed by atoms with Crippen molar-refractivity contribution in [2.75, 3.05) is 0 Å². The zero-order valence-corrected chi connectivity index (χ0v) is 7.33. The Balaban J connectivity index is 0. The SMILES string of the molecule is [Cl][Au]([Cl])[Cl].[Fe]. The van der Waals surface area contributed by atoms with Crippen LogP contribution in [0.2, 0.25) is 0 Å². The first-order valence-corrected chi connectivity index (χ1v) is 8.40. The van der Waals surface area contributed by atoms with Crippen LogP contribution in [0.1, 0.15) is 0 Å². The van der Waals surface area contributed by atoms with Crippen LogP contribution in [0.25, 0.3) is 0 Å². The zero-order valence-electron chi connectivity index (χ0n) is 1.79. The average Bonchev–Trinajstić information content (AvgIpc) is 0.811. The fraction of sp³-hybridized carbons (Fsp3) is 0. The number of halogens is 3. The van der Waals surface area contributed by atoms with Crippen molar-refractivity contribution < 1.29 is 32.3 Å².